The summed E-state index contributed by atoms with van der Waals surface area (Å²) < 4.78 is 0. The van der Waals surface area contributed by atoms with Crippen LogP contribution in [-0.2, 0) is 15.3 Å². The molecule has 28 heavy (non-hydrogen) atoms. The minimum absolute atomic E-state index is 0.335. The zero-order chi connectivity index (χ0) is 19.5. The first-order valence-corrected chi connectivity index (χ1v) is 10.1. The van der Waals surface area contributed by atoms with Crippen LogP contribution in [0.5, 0.6) is 0 Å². The van der Waals surface area contributed by atoms with Crippen molar-refractivity contribution in [3.63, 3.8) is 0 Å². The summed E-state index contributed by atoms with van der Waals surface area (Å²) in [7, 11) is 0. The Morgan fingerprint density at radius 2 is 1.36 bits per heavy atom. The van der Waals surface area contributed by atoms with E-state index < -0.39 is 0 Å². The van der Waals surface area contributed by atoms with Crippen LogP contribution in [0, 0.1) is 0 Å². The maximum atomic E-state index is 13.3. The van der Waals surface area contributed by atoms with E-state index in [1.54, 1.807) is 24.3 Å². The minimum Gasteiger partial charge on any atom is -0.268 e. The molecule has 3 aromatic rings. The quantitative estimate of drug-likeness (QED) is 0.521. The first-order chi connectivity index (χ1) is 13.7. The lowest BCUT2D eigenvalue weighted by Gasteiger charge is -2.16. The van der Waals surface area contributed by atoms with E-state index in [2.05, 4.69) is 0 Å². The molecule has 5 heteroatoms. The number of carbonyl (C=O) groups excluding carboxylic acids is 2. The maximum absolute atomic E-state index is 13.3. The molecule has 0 N–H and O–H groups in total. The third kappa shape index (κ3) is 3.49. The van der Waals surface area contributed by atoms with Crippen molar-refractivity contribution in [3.8, 4) is 0 Å². The molecular formula is C23H16ClNO2S. The van der Waals surface area contributed by atoms with Crippen molar-refractivity contribution in [2.24, 2.45) is 0 Å². The zero-order valence-corrected chi connectivity index (χ0v) is 16.4. The molecule has 0 aliphatic carbocycles. The molecule has 0 saturated carbocycles. The van der Waals surface area contributed by atoms with Crippen LogP contribution in [0.1, 0.15) is 11.1 Å². The Labute approximate surface area is 172 Å². The number of carbonyl (C=O) groups is 2. The van der Waals surface area contributed by atoms with Gasteiger partial charge in [-0.05, 0) is 23.3 Å². The summed E-state index contributed by atoms with van der Waals surface area (Å²) in [4.78, 5) is 28.1. The lowest BCUT2D eigenvalue weighted by molar-refractivity contribution is -0.119. The number of anilines is 1. The Morgan fingerprint density at radius 1 is 0.750 bits per heavy atom. The van der Waals surface area contributed by atoms with E-state index in [9.17, 15) is 9.59 Å². The topological polar surface area (TPSA) is 37.4 Å². The number of benzene rings is 3. The van der Waals surface area contributed by atoms with Crippen molar-refractivity contribution in [2.45, 2.75) is 5.75 Å². The van der Waals surface area contributed by atoms with Gasteiger partial charge in [-0.2, -0.15) is 0 Å². The number of thioether (sulfide) groups is 1. The van der Waals surface area contributed by atoms with Crippen LogP contribution in [0.15, 0.2) is 89.8 Å². The molecule has 0 atom stereocenters. The van der Waals surface area contributed by atoms with Gasteiger partial charge in [0.1, 0.15) is 0 Å². The predicted octanol–water partition coefficient (Wildman–Crippen LogP) is 5.56. The Bertz CT molecular complexity index is 1060. The van der Waals surface area contributed by atoms with E-state index in [0.29, 0.717) is 26.9 Å². The molecule has 0 aromatic heterocycles. The Hall–Kier alpha value is -2.82. The van der Waals surface area contributed by atoms with Gasteiger partial charge >= 0.3 is 0 Å². The number of imide groups is 1. The summed E-state index contributed by atoms with van der Waals surface area (Å²) in [6.45, 7) is 0. The van der Waals surface area contributed by atoms with Crippen molar-refractivity contribution in [2.75, 3.05) is 4.90 Å². The van der Waals surface area contributed by atoms with E-state index >= 15 is 0 Å². The third-order valence-corrected chi connectivity index (χ3v) is 5.89. The SMILES string of the molecule is O=C1C(SCc2ccccc2)=C(c2ccccc2)C(=O)N1c1ccccc1Cl. The lowest BCUT2D eigenvalue weighted by atomic mass is 10.1. The van der Waals surface area contributed by atoms with Gasteiger partial charge in [0.25, 0.3) is 11.8 Å². The second-order valence-corrected chi connectivity index (χ2v) is 7.63. The monoisotopic (exact) mass is 405 g/mol. The largest absolute Gasteiger partial charge is 0.272 e. The van der Waals surface area contributed by atoms with Crippen LogP contribution in [0.25, 0.3) is 5.57 Å². The zero-order valence-electron chi connectivity index (χ0n) is 14.8. The van der Waals surface area contributed by atoms with E-state index in [1.807, 2.05) is 60.7 Å². The van der Waals surface area contributed by atoms with Crippen molar-refractivity contribution in [3.05, 3.63) is 106 Å². The lowest BCUT2D eigenvalue weighted by Crippen LogP contribution is -2.31. The van der Waals surface area contributed by atoms with Crippen molar-refractivity contribution in [1.82, 2.24) is 0 Å². The summed E-state index contributed by atoms with van der Waals surface area (Å²) >= 11 is 7.66. The van der Waals surface area contributed by atoms with Crippen LogP contribution in [0.3, 0.4) is 0 Å². The van der Waals surface area contributed by atoms with Gasteiger partial charge in [0, 0.05) is 5.75 Å². The third-order valence-electron chi connectivity index (χ3n) is 4.42. The molecule has 3 nitrogen and oxygen atoms in total. The normalized spacial score (nSPS) is 14.1. The molecule has 0 bridgehead atoms. The molecule has 0 radical (unpaired) electrons. The van der Waals surface area contributed by atoms with Gasteiger partial charge in [-0.3, -0.25) is 9.59 Å². The highest BCUT2D eigenvalue weighted by Crippen LogP contribution is 2.41. The Kier molecular flexibility index (Phi) is 5.33. The van der Waals surface area contributed by atoms with Gasteiger partial charge in [0.15, 0.2) is 0 Å². The van der Waals surface area contributed by atoms with E-state index in [-0.39, 0.29) is 11.8 Å². The molecule has 1 heterocycles. The molecule has 1 aliphatic rings. The highest BCUT2D eigenvalue weighted by molar-refractivity contribution is 8.03. The number of rotatable bonds is 5. The highest BCUT2D eigenvalue weighted by Gasteiger charge is 2.40. The average molecular weight is 406 g/mol. The van der Waals surface area contributed by atoms with Crippen LogP contribution < -0.4 is 4.90 Å². The smallest absolute Gasteiger partial charge is 0.268 e. The van der Waals surface area contributed by atoms with Crippen LogP contribution >= 0.6 is 23.4 Å². The number of amides is 2. The van der Waals surface area contributed by atoms with Crippen molar-refractivity contribution in [1.29, 1.82) is 0 Å². The second kappa shape index (κ2) is 8.05. The van der Waals surface area contributed by atoms with Crippen LogP contribution in [-0.4, -0.2) is 11.8 Å². The fraction of sp³-hybridized carbons (Fsp3) is 0.0435. The van der Waals surface area contributed by atoms with E-state index in [1.165, 1.54) is 16.7 Å². The summed E-state index contributed by atoms with van der Waals surface area (Å²) in [5.74, 6) is -0.0835. The molecule has 2 amide bonds. The van der Waals surface area contributed by atoms with Gasteiger partial charge < -0.3 is 0 Å². The van der Waals surface area contributed by atoms with Crippen LogP contribution in [0.4, 0.5) is 5.69 Å². The molecular weight excluding hydrogens is 390 g/mol. The highest BCUT2D eigenvalue weighted by atomic mass is 35.5. The number of hydrogen-bond acceptors (Lipinski definition) is 3. The van der Waals surface area contributed by atoms with Gasteiger partial charge in [-0.15, -0.1) is 11.8 Å². The molecule has 0 saturated heterocycles. The molecule has 138 valence electrons. The van der Waals surface area contributed by atoms with Crippen molar-refractivity contribution >= 4 is 46.4 Å². The number of para-hydroxylation sites is 1. The first-order valence-electron chi connectivity index (χ1n) is 8.76. The van der Waals surface area contributed by atoms with Gasteiger partial charge in [-0.1, -0.05) is 84.4 Å². The van der Waals surface area contributed by atoms with E-state index in [0.717, 1.165) is 11.1 Å². The molecule has 0 spiro atoms. The molecule has 0 unspecified atom stereocenters. The molecule has 1 aliphatic heterocycles. The van der Waals surface area contributed by atoms with Crippen LogP contribution in [0.2, 0.25) is 5.02 Å². The Morgan fingerprint density at radius 3 is 2.04 bits per heavy atom. The maximum Gasteiger partial charge on any atom is 0.272 e. The standard InChI is InChI=1S/C23H16ClNO2S/c24-18-13-7-8-14-19(18)25-22(26)20(17-11-5-2-6-12-17)21(23(25)27)28-15-16-9-3-1-4-10-16/h1-14H,15H2. The first kappa shape index (κ1) is 18.5. The van der Waals surface area contributed by atoms with E-state index in [4.69, 9.17) is 11.6 Å². The number of hydrogen-bond donors (Lipinski definition) is 0. The average Bonchev–Trinajstić information content (AvgIpc) is 2.98. The Balaban J connectivity index is 1.75. The van der Waals surface area contributed by atoms with Gasteiger partial charge in [-0.25, -0.2) is 4.90 Å². The molecule has 4 rings (SSSR count). The number of halogens is 1. The summed E-state index contributed by atoms with van der Waals surface area (Å²) in [5, 5.41) is 0.367. The summed E-state index contributed by atoms with van der Waals surface area (Å²) in [6, 6.07) is 26.1. The fourth-order valence-corrected chi connectivity index (χ4v) is 4.37. The second-order valence-electron chi connectivity index (χ2n) is 6.24. The minimum atomic E-state index is -0.347. The molecule has 3 aromatic carbocycles. The van der Waals surface area contributed by atoms with Crippen molar-refractivity contribution < 1.29 is 9.59 Å². The van der Waals surface area contributed by atoms with Gasteiger partial charge in [0.05, 0.1) is 21.2 Å². The summed E-state index contributed by atoms with van der Waals surface area (Å²) in [6.07, 6.45) is 0. The summed E-state index contributed by atoms with van der Waals surface area (Å²) in [5.41, 5.74) is 2.64. The number of nitrogens with zero attached hydrogens (tertiary/aromatic N) is 1. The fourth-order valence-electron chi connectivity index (χ4n) is 3.08. The molecule has 0 fully saturated rings. The van der Waals surface area contributed by atoms with Gasteiger partial charge in [0.2, 0.25) is 0 Å². The predicted molar refractivity (Wildman–Crippen MR) is 115 cm³/mol.